The summed E-state index contributed by atoms with van der Waals surface area (Å²) in [6, 6.07) is 8.72. The van der Waals surface area contributed by atoms with E-state index in [0.29, 0.717) is 17.7 Å². The Morgan fingerprint density at radius 1 is 1.42 bits per heavy atom. The lowest BCUT2D eigenvalue weighted by Crippen LogP contribution is -2.33. The molecule has 1 amide bonds. The van der Waals surface area contributed by atoms with E-state index in [-0.39, 0.29) is 11.9 Å². The number of aromatic nitrogens is 2. The van der Waals surface area contributed by atoms with Crippen molar-refractivity contribution in [1.82, 2.24) is 14.9 Å². The van der Waals surface area contributed by atoms with Crippen molar-refractivity contribution in [3.05, 3.63) is 53.7 Å². The average Bonchev–Trinajstić information content (AvgIpc) is 3.16. The molecule has 6 nitrogen and oxygen atoms in total. The van der Waals surface area contributed by atoms with Gasteiger partial charge in [0, 0.05) is 25.1 Å². The molecule has 0 aliphatic heterocycles. The highest BCUT2D eigenvalue weighted by molar-refractivity contribution is 5.97. The lowest BCUT2D eigenvalue weighted by Gasteiger charge is -2.16. The van der Waals surface area contributed by atoms with E-state index >= 15 is 0 Å². The zero-order chi connectivity index (χ0) is 17.3. The average molecular weight is 327 g/mol. The first kappa shape index (κ1) is 16.3. The summed E-state index contributed by atoms with van der Waals surface area (Å²) in [7, 11) is 1.95. The molecular formula is C18H21N3O3. The van der Waals surface area contributed by atoms with Gasteiger partial charge in [-0.25, -0.2) is 4.98 Å². The van der Waals surface area contributed by atoms with Crippen molar-refractivity contribution in [3.63, 3.8) is 0 Å². The molecule has 0 radical (unpaired) electrons. The third kappa shape index (κ3) is 3.19. The molecule has 0 fully saturated rings. The highest BCUT2D eigenvalue weighted by atomic mass is 16.4. The van der Waals surface area contributed by atoms with Crippen LogP contribution in [0.5, 0.6) is 0 Å². The van der Waals surface area contributed by atoms with E-state index in [1.54, 1.807) is 24.3 Å². The maximum absolute atomic E-state index is 12.4. The molecule has 3 aromatic rings. The zero-order valence-electron chi connectivity index (χ0n) is 14.0. The molecule has 2 N–H and O–H groups in total. The minimum absolute atomic E-state index is 0.181. The number of carbonyl (C=O) groups excluding carboxylic acids is 1. The molecule has 2 heterocycles. The first-order valence-electron chi connectivity index (χ1n) is 7.91. The van der Waals surface area contributed by atoms with E-state index in [0.717, 1.165) is 16.9 Å². The molecule has 2 aromatic heterocycles. The van der Waals surface area contributed by atoms with Crippen LogP contribution in [0.3, 0.4) is 0 Å². The number of amides is 1. The Kier molecular flexibility index (Phi) is 4.40. The molecular weight excluding hydrogens is 306 g/mol. The monoisotopic (exact) mass is 327 g/mol. The van der Waals surface area contributed by atoms with Gasteiger partial charge in [0.15, 0.2) is 0 Å². The minimum Gasteiger partial charge on any atom is -0.467 e. The largest absolute Gasteiger partial charge is 0.467 e. The topological polar surface area (TPSA) is 80.3 Å². The van der Waals surface area contributed by atoms with Crippen LogP contribution in [0, 0.1) is 6.92 Å². The molecule has 0 saturated heterocycles. The molecule has 2 atom stereocenters. The first-order chi connectivity index (χ1) is 11.5. The number of benzene rings is 1. The number of nitrogens with zero attached hydrogens (tertiary/aromatic N) is 2. The van der Waals surface area contributed by atoms with Crippen molar-refractivity contribution in [2.45, 2.75) is 32.4 Å². The molecule has 0 spiro atoms. The van der Waals surface area contributed by atoms with Gasteiger partial charge in [-0.2, -0.15) is 0 Å². The van der Waals surface area contributed by atoms with Gasteiger partial charge in [-0.3, -0.25) is 4.79 Å². The second kappa shape index (κ2) is 6.49. The van der Waals surface area contributed by atoms with Gasteiger partial charge >= 0.3 is 0 Å². The van der Waals surface area contributed by atoms with Crippen molar-refractivity contribution in [2.24, 2.45) is 7.05 Å². The molecule has 126 valence electrons. The molecule has 0 aliphatic rings. The summed E-state index contributed by atoms with van der Waals surface area (Å²) < 4.78 is 7.16. The Morgan fingerprint density at radius 3 is 2.92 bits per heavy atom. The number of nitrogens with one attached hydrogen (secondary N) is 1. The van der Waals surface area contributed by atoms with Gasteiger partial charge in [0.05, 0.1) is 17.3 Å². The quantitative estimate of drug-likeness (QED) is 0.755. The van der Waals surface area contributed by atoms with E-state index in [1.165, 1.54) is 6.26 Å². The number of imidazole rings is 1. The van der Waals surface area contributed by atoms with Crippen LogP contribution >= 0.6 is 0 Å². The van der Waals surface area contributed by atoms with Crippen molar-refractivity contribution in [3.8, 4) is 0 Å². The number of hydrogen-bond donors (Lipinski definition) is 2. The Hall–Kier alpha value is -2.60. The number of rotatable bonds is 5. The minimum atomic E-state index is -0.740. The number of fused-ring (bicyclic) bond motifs is 1. The summed E-state index contributed by atoms with van der Waals surface area (Å²) in [5.74, 6) is 1.22. The van der Waals surface area contributed by atoms with Gasteiger partial charge in [-0.05, 0) is 44.2 Å². The fourth-order valence-corrected chi connectivity index (χ4v) is 2.76. The van der Waals surface area contributed by atoms with Crippen LogP contribution in [0.25, 0.3) is 11.0 Å². The molecule has 0 aliphatic carbocycles. The second-order valence-electron chi connectivity index (χ2n) is 6.06. The Morgan fingerprint density at radius 2 is 2.21 bits per heavy atom. The van der Waals surface area contributed by atoms with Crippen LogP contribution in [0.2, 0.25) is 0 Å². The first-order valence-corrected chi connectivity index (χ1v) is 7.91. The van der Waals surface area contributed by atoms with Crippen LogP contribution in [-0.2, 0) is 7.05 Å². The number of furan rings is 1. The normalized spacial score (nSPS) is 13.8. The van der Waals surface area contributed by atoms with Gasteiger partial charge < -0.3 is 19.4 Å². The lowest BCUT2D eigenvalue weighted by molar-refractivity contribution is 0.0903. The maximum atomic E-state index is 12.4. The van der Waals surface area contributed by atoms with E-state index in [2.05, 4.69) is 10.3 Å². The number of carbonyl (C=O) groups is 1. The summed E-state index contributed by atoms with van der Waals surface area (Å²) in [5.41, 5.74) is 2.34. The summed E-state index contributed by atoms with van der Waals surface area (Å²) in [5, 5.41) is 13.0. The van der Waals surface area contributed by atoms with Crippen molar-refractivity contribution in [1.29, 1.82) is 0 Å². The fraction of sp³-hybridized carbons (Fsp3) is 0.333. The van der Waals surface area contributed by atoms with Crippen LogP contribution in [-0.4, -0.2) is 26.6 Å². The SMILES string of the molecule is Cc1nc2cc(C(=O)NC(C)CC(O)c3ccco3)ccc2n1C. The zero-order valence-corrected chi connectivity index (χ0v) is 14.0. The summed E-state index contributed by atoms with van der Waals surface area (Å²) >= 11 is 0. The van der Waals surface area contributed by atoms with Gasteiger partial charge in [-0.15, -0.1) is 0 Å². The van der Waals surface area contributed by atoms with Crippen LogP contribution in [0.4, 0.5) is 0 Å². The molecule has 1 aromatic carbocycles. The predicted molar refractivity (Wildman–Crippen MR) is 90.7 cm³/mol. The number of aliphatic hydroxyl groups is 1. The Balaban J connectivity index is 1.68. The summed E-state index contributed by atoms with van der Waals surface area (Å²) in [6.45, 7) is 3.78. The third-order valence-electron chi connectivity index (χ3n) is 4.19. The van der Waals surface area contributed by atoms with Crippen LogP contribution in [0.15, 0.2) is 41.0 Å². The van der Waals surface area contributed by atoms with Gasteiger partial charge in [0.1, 0.15) is 17.7 Å². The van der Waals surface area contributed by atoms with E-state index in [4.69, 9.17) is 4.42 Å². The smallest absolute Gasteiger partial charge is 0.251 e. The number of aryl methyl sites for hydroxylation is 2. The lowest BCUT2D eigenvalue weighted by atomic mass is 10.1. The summed E-state index contributed by atoms with van der Waals surface area (Å²) in [6.07, 6.45) is 1.16. The van der Waals surface area contributed by atoms with E-state index < -0.39 is 6.10 Å². The summed E-state index contributed by atoms with van der Waals surface area (Å²) in [4.78, 5) is 16.9. The van der Waals surface area contributed by atoms with Crippen LogP contribution < -0.4 is 5.32 Å². The predicted octanol–water partition coefficient (Wildman–Crippen LogP) is 2.72. The molecule has 24 heavy (non-hydrogen) atoms. The maximum Gasteiger partial charge on any atom is 0.251 e. The molecule has 3 rings (SSSR count). The number of aliphatic hydroxyl groups excluding tert-OH is 1. The van der Waals surface area contributed by atoms with E-state index in [1.807, 2.05) is 31.5 Å². The third-order valence-corrected chi connectivity index (χ3v) is 4.19. The van der Waals surface area contributed by atoms with Gasteiger partial charge in [-0.1, -0.05) is 0 Å². The van der Waals surface area contributed by atoms with E-state index in [9.17, 15) is 9.90 Å². The van der Waals surface area contributed by atoms with Crippen molar-refractivity contribution < 1.29 is 14.3 Å². The molecule has 0 saturated carbocycles. The van der Waals surface area contributed by atoms with Gasteiger partial charge in [0.2, 0.25) is 0 Å². The van der Waals surface area contributed by atoms with Crippen molar-refractivity contribution >= 4 is 16.9 Å². The Labute approximate surface area is 140 Å². The van der Waals surface area contributed by atoms with Crippen molar-refractivity contribution in [2.75, 3.05) is 0 Å². The second-order valence-corrected chi connectivity index (χ2v) is 6.06. The standard InChI is InChI=1S/C18H21N3O3/c1-11(9-16(22)17-5-4-8-24-17)19-18(23)13-6-7-15-14(10-13)20-12(2)21(15)3/h4-8,10-11,16,22H,9H2,1-3H3,(H,19,23). The highest BCUT2D eigenvalue weighted by Gasteiger charge is 2.17. The number of hydrogen-bond acceptors (Lipinski definition) is 4. The molecule has 6 heteroatoms. The Bertz CT molecular complexity index is 852. The molecule has 0 bridgehead atoms. The van der Waals surface area contributed by atoms with Crippen LogP contribution in [0.1, 0.15) is 41.4 Å². The fourth-order valence-electron chi connectivity index (χ4n) is 2.76. The van der Waals surface area contributed by atoms with Gasteiger partial charge in [0.25, 0.3) is 5.91 Å². The highest BCUT2D eigenvalue weighted by Crippen LogP contribution is 2.19. The molecule has 2 unspecified atom stereocenters.